The van der Waals surface area contributed by atoms with Crippen LogP contribution >= 0.6 is 11.6 Å². The number of guanidine groups is 1. The van der Waals surface area contributed by atoms with E-state index in [9.17, 15) is 19.5 Å². The van der Waals surface area contributed by atoms with Crippen LogP contribution in [0.4, 0.5) is 10.5 Å². The second kappa shape index (κ2) is 7.67. The van der Waals surface area contributed by atoms with Crippen molar-refractivity contribution in [2.45, 2.75) is 19.1 Å². The number of hydrogen-bond acceptors (Lipinski definition) is 7. The molecule has 4 rings (SSSR count). The molecule has 0 aromatic heterocycles. The molecule has 3 aliphatic heterocycles. The van der Waals surface area contributed by atoms with Crippen LogP contribution in [0.5, 0.6) is 0 Å². The Morgan fingerprint density at radius 3 is 2.57 bits per heavy atom. The number of carbonyl (C=O) groups is 3. The van der Waals surface area contributed by atoms with Crippen molar-refractivity contribution in [3.05, 3.63) is 28.8 Å². The minimum absolute atomic E-state index is 0.372. The molecule has 1 aromatic carbocycles. The van der Waals surface area contributed by atoms with Crippen molar-refractivity contribution >= 4 is 41.2 Å². The number of aryl methyl sites for hydroxylation is 1. The van der Waals surface area contributed by atoms with E-state index in [0.717, 1.165) is 11.3 Å². The van der Waals surface area contributed by atoms with E-state index in [2.05, 4.69) is 15.2 Å². The van der Waals surface area contributed by atoms with E-state index in [1.54, 1.807) is 7.05 Å². The van der Waals surface area contributed by atoms with Crippen LogP contribution in [0.1, 0.15) is 5.56 Å². The number of fused-ring (bicyclic) bond motifs is 1. The van der Waals surface area contributed by atoms with E-state index in [1.807, 2.05) is 30.0 Å². The molecule has 10 nitrogen and oxygen atoms in total. The highest BCUT2D eigenvalue weighted by atomic mass is 35.5. The van der Waals surface area contributed by atoms with Crippen LogP contribution in [-0.4, -0.2) is 95.7 Å². The summed E-state index contributed by atoms with van der Waals surface area (Å²) in [6, 6.07) is 4.39. The van der Waals surface area contributed by atoms with E-state index in [1.165, 1.54) is 9.80 Å². The van der Waals surface area contributed by atoms with Gasteiger partial charge in [0.2, 0.25) is 0 Å². The van der Waals surface area contributed by atoms with Crippen LogP contribution in [-0.2, 0) is 9.59 Å². The zero-order valence-corrected chi connectivity index (χ0v) is 17.5. The number of urea groups is 1. The molecule has 0 saturated carbocycles. The molecule has 0 radical (unpaired) electrons. The number of nitrogens with one attached hydrogen (secondary N) is 1. The number of likely N-dealkylation sites (N-methyl/N-ethyl adjacent to an activating group) is 1. The predicted octanol–water partition coefficient (Wildman–Crippen LogP) is 0.403. The number of rotatable bonds is 3. The first-order valence-electron chi connectivity index (χ1n) is 9.66. The summed E-state index contributed by atoms with van der Waals surface area (Å²) in [7, 11) is 1.55. The maximum Gasteiger partial charge on any atom is 0.325 e. The third-order valence-electron chi connectivity index (χ3n) is 5.72. The van der Waals surface area contributed by atoms with Gasteiger partial charge in [-0.3, -0.25) is 14.9 Å². The van der Waals surface area contributed by atoms with Gasteiger partial charge in [-0.25, -0.2) is 9.79 Å². The van der Waals surface area contributed by atoms with Gasteiger partial charge in [-0.2, -0.15) is 0 Å². The lowest BCUT2D eigenvalue weighted by Crippen LogP contribution is -2.65. The van der Waals surface area contributed by atoms with Crippen LogP contribution in [0.3, 0.4) is 0 Å². The van der Waals surface area contributed by atoms with Gasteiger partial charge in [0, 0.05) is 43.9 Å². The van der Waals surface area contributed by atoms with Gasteiger partial charge in [0.25, 0.3) is 5.91 Å². The lowest BCUT2D eigenvalue weighted by molar-refractivity contribution is -0.138. The van der Waals surface area contributed by atoms with Crippen molar-refractivity contribution in [3.63, 3.8) is 0 Å². The number of anilines is 1. The largest absolute Gasteiger partial charge is 0.480 e. The summed E-state index contributed by atoms with van der Waals surface area (Å²) in [6.07, 6.45) is -0.742. The molecule has 3 heterocycles. The number of carboxylic acids is 1. The first-order chi connectivity index (χ1) is 14.3. The van der Waals surface area contributed by atoms with Gasteiger partial charge in [-0.05, 0) is 24.6 Å². The average molecular weight is 435 g/mol. The molecule has 11 heteroatoms. The maximum absolute atomic E-state index is 12.5. The number of imide groups is 1. The third kappa shape index (κ3) is 3.51. The molecular weight excluding hydrogens is 412 g/mol. The Bertz CT molecular complexity index is 930. The van der Waals surface area contributed by atoms with E-state index in [0.29, 0.717) is 37.2 Å². The summed E-state index contributed by atoms with van der Waals surface area (Å²) >= 11 is 6.16. The quantitative estimate of drug-likeness (QED) is 0.708. The SMILES string of the molecule is Cc1ccc(Cl)cc1N1CCN(C2=NC3C(C(=O)NC(=O)N3C)N2CC(=O)O)CC1. The Balaban J connectivity index is 1.55. The van der Waals surface area contributed by atoms with E-state index in [4.69, 9.17) is 11.6 Å². The molecule has 3 aliphatic rings. The van der Waals surface area contributed by atoms with Gasteiger partial charge in [-0.1, -0.05) is 17.7 Å². The molecule has 2 fully saturated rings. The summed E-state index contributed by atoms with van der Waals surface area (Å²) < 4.78 is 0. The van der Waals surface area contributed by atoms with E-state index in [-0.39, 0.29) is 6.54 Å². The first kappa shape index (κ1) is 20.3. The zero-order chi connectivity index (χ0) is 21.6. The maximum atomic E-state index is 12.5. The Morgan fingerprint density at radius 2 is 1.90 bits per heavy atom. The van der Waals surface area contributed by atoms with Gasteiger partial charge >= 0.3 is 12.0 Å². The molecule has 0 bridgehead atoms. The summed E-state index contributed by atoms with van der Waals surface area (Å²) in [4.78, 5) is 47.5. The minimum atomic E-state index is -1.07. The number of carboxylic acid groups (broad SMARTS) is 1. The van der Waals surface area contributed by atoms with Gasteiger partial charge in [0.15, 0.2) is 18.2 Å². The fourth-order valence-electron chi connectivity index (χ4n) is 4.16. The van der Waals surface area contributed by atoms with Crippen LogP contribution in [0, 0.1) is 6.92 Å². The van der Waals surface area contributed by atoms with Crippen molar-refractivity contribution in [2.75, 3.05) is 44.7 Å². The molecule has 2 N–H and O–H groups in total. The van der Waals surface area contributed by atoms with E-state index < -0.39 is 30.1 Å². The lowest BCUT2D eigenvalue weighted by atomic mass is 10.1. The Hall–Kier alpha value is -3.01. The molecule has 3 amide bonds. The van der Waals surface area contributed by atoms with Gasteiger partial charge in [0.1, 0.15) is 6.54 Å². The highest BCUT2D eigenvalue weighted by molar-refractivity contribution is 6.30. The highest BCUT2D eigenvalue weighted by Gasteiger charge is 2.50. The number of nitrogens with zero attached hydrogens (tertiary/aromatic N) is 5. The molecular formula is C19H23ClN6O4. The molecule has 160 valence electrons. The van der Waals surface area contributed by atoms with Crippen molar-refractivity contribution in [2.24, 2.45) is 4.99 Å². The van der Waals surface area contributed by atoms with E-state index >= 15 is 0 Å². The van der Waals surface area contributed by atoms with Gasteiger partial charge in [0.05, 0.1) is 0 Å². The predicted molar refractivity (Wildman–Crippen MR) is 111 cm³/mol. The van der Waals surface area contributed by atoms with Crippen LogP contribution in [0.25, 0.3) is 0 Å². The summed E-state index contributed by atoms with van der Waals surface area (Å²) in [6.45, 7) is 4.24. The number of piperazine rings is 1. The Kier molecular flexibility index (Phi) is 5.19. The summed E-state index contributed by atoms with van der Waals surface area (Å²) in [5.74, 6) is -1.16. The first-order valence-corrected chi connectivity index (χ1v) is 10.0. The molecule has 2 atom stereocenters. The Morgan fingerprint density at radius 1 is 1.23 bits per heavy atom. The van der Waals surface area contributed by atoms with Gasteiger partial charge in [-0.15, -0.1) is 0 Å². The number of halogens is 1. The second-order valence-corrected chi connectivity index (χ2v) is 8.06. The summed E-state index contributed by atoms with van der Waals surface area (Å²) in [5, 5.41) is 12.3. The van der Waals surface area contributed by atoms with Crippen LogP contribution in [0.2, 0.25) is 5.02 Å². The summed E-state index contributed by atoms with van der Waals surface area (Å²) in [5.41, 5.74) is 2.19. The van der Waals surface area contributed by atoms with Crippen LogP contribution in [0.15, 0.2) is 23.2 Å². The fourth-order valence-corrected chi connectivity index (χ4v) is 4.33. The zero-order valence-electron chi connectivity index (χ0n) is 16.7. The normalized spacial score (nSPS) is 24.0. The smallest absolute Gasteiger partial charge is 0.325 e. The fraction of sp³-hybridized carbons (Fsp3) is 0.474. The third-order valence-corrected chi connectivity index (χ3v) is 5.95. The second-order valence-electron chi connectivity index (χ2n) is 7.62. The highest BCUT2D eigenvalue weighted by Crippen LogP contribution is 2.28. The topological polar surface area (TPSA) is 109 Å². The standard InChI is InChI=1S/C19H23ClN6O4/c1-11-3-4-12(20)9-13(11)24-5-7-25(8-6-24)18-21-16-15(26(18)10-14(27)28)17(29)22-19(30)23(16)2/h3-4,9,15-16H,5-8,10H2,1-2H3,(H,27,28)(H,22,29,30). The number of amides is 3. The molecule has 2 unspecified atom stereocenters. The average Bonchev–Trinajstić information content (AvgIpc) is 3.07. The minimum Gasteiger partial charge on any atom is -0.480 e. The monoisotopic (exact) mass is 434 g/mol. The molecule has 0 spiro atoms. The number of carbonyl (C=O) groups excluding carboxylic acids is 2. The number of aliphatic imine (C=N–C) groups is 1. The molecule has 2 saturated heterocycles. The molecule has 0 aliphatic carbocycles. The van der Waals surface area contributed by atoms with Crippen molar-refractivity contribution in [3.8, 4) is 0 Å². The molecule has 30 heavy (non-hydrogen) atoms. The number of hydrogen-bond donors (Lipinski definition) is 2. The lowest BCUT2D eigenvalue weighted by Gasteiger charge is -2.40. The molecule has 1 aromatic rings. The van der Waals surface area contributed by atoms with Crippen LogP contribution < -0.4 is 10.2 Å². The van der Waals surface area contributed by atoms with Crippen molar-refractivity contribution in [1.29, 1.82) is 0 Å². The Labute approximate surface area is 178 Å². The number of benzene rings is 1. The van der Waals surface area contributed by atoms with Crippen molar-refractivity contribution in [1.82, 2.24) is 20.0 Å². The number of aliphatic carboxylic acids is 1. The van der Waals surface area contributed by atoms with Gasteiger partial charge < -0.3 is 24.7 Å². The van der Waals surface area contributed by atoms with Crippen molar-refractivity contribution < 1.29 is 19.5 Å².